The minimum atomic E-state index is -0.633. The number of carbonyl (C=O) groups is 2. The third kappa shape index (κ3) is 3.01. The zero-order chi connectivity index (χ0) is 14.0. The smallest absolute Gasteiger partial charge is 0.257 e. The molecule has 2 rings (SSSR count). The molecule has 1 fully saturated rings. The predicted molar refractivity (Wildman–Crippen MR) is 67.4 cm³/mol. The van der Waals surface area contributed by atoms with E-state index in [4.69, 9.17) is 11.6 Å². The van der Waals surface area contributed by atoms with Crippen LogP contribution in [0.25, 0.3) is 0 Å². The maximum atomic E-state index is 13.1. The van der Waals surface area contributed by atoms with Gasteiger partial charge in [0.1, 0.15) is 17.5 Å². The molecule has 0 atom stereocenters. The Bertz CT molecular complexity index is 524. The summed E-state index contributed by atoms with van der Waals surface area (Å²) in [5, 5.41) is -0.0588. The zero-order valence-electron chi connectivity index (χ0n) is 10.4. The topological polar surface area (TPSA) is 53.5 Å². The van der Waals surface area contributed by atoms with Gasteiger partial charge in [0.2, 0.25) is 5.91 Å². The van der Waals surface area contributed by atoms with Gasteiger partial charge in [-0.3, -0.25) is 9.59 Å². The highest BCUT2D eigenvalue weighted by molar-refractivity contribution is 6.32. The SMILES string of the molecule is CN1CCCN(C(=O)c2cc(F)cnc2Cl)CC1=O. The molecule has 0 radical (unpaired) electrons. The van der Waals surface area contributed by atoms with Crippen molar-refractivity contribution in [3.63, 3.8) is 0 Å². The van der Waals surface area contributed by atoms with E-state index < -0.39 is 11.7 Å². The zero-order valence-corrected chi connectivity index (χ0v) is 11.2. The van der Waals surface area contributed by atoms with Gasteiger partial charge < -0.3 is 9.80 Å². The van der Waals surface area contributed by atoms with E-state index in [1.165, 1.54) is 4.90 Å². The van der Waals surface area contributed by atoms with Crippen molar-refractivity contribution in [1.82, 2.24) is 14.8 Å². The Labute approximate surface area is 115 Å². The van der Waals surface area contributed by atoms with Crippen molar-refractivity contribution in [2.45, 2.75) is 6.42 Å². The highest BCUT2D eigenvalue weighted by Gasteiger charge is 2.25. The number of aromatic nitrogens is 1. The Morgan fingerprint density at radius 1 is 1.47 bits per heavy atom. The number of hydrogen-bond donors (Lipinski definition) is 0. The summed E-state index contributed by atoms with van der Waals surface area (Å²) < 4.78 is 13.1. The third-order valence-corrected chi connectivity index (χ3v) is 3.30. The number of halogens is 2. The van der Waals surface area contributed by atoms with Crippen LogP contribution in [0.5, 0.6) is 0 Å². The van der Waals surface area contributed by atoms with Gasteiger partial charge in [-0.15, -0.1) is 0 Å². The van der Waals surface area contributed by atoms with Crippen LogP contribution in [0.2, 0.25) is 5.15 Å². The van der Waals surface area contributed by atoms with Crippen LogP contribution in [0.3, 0.4) is 0 Å². The van der Waals surface area contributed by atoms with E-state index in [1.807, 2.05) is 0 Å². The largest absolute Gasteiger partial charge is 0.344 e. The molecular formula is C12H13ClFN3O2. The summed E-state index contributed by atoms with van der Waals surface area (Å²) in [6, 6.07) is 1.04. The van der Waals surface area contributed by atoms with Crippen molar-refractivity contribution >= 4 is 23.4 Å². The number of likely N-dealkylation sites (N-methyl/N-ethyl adjacent to an activating group) is 1. The highest BCUT2D eigenvalue weighted by Crippen LogP contribution is 2.17. The van der Waals surface area contributed by atoms with Crippen molar-refractivity contribution in [3.8, 4) is 0 Å². The first kappa shape index (κ1) is 13.7. The van der Waals surface area contributed by atoms with E-state index in [2.05, 4.69) is 4.98 Å². The van der Waals surface area contributed by atoms with Gasteiger partial charge in [-0.25, -0.2) is 9.37 Å². The van der Waals surface area contributed by atoms with Crippen molar-refractivity contribution in [2.24, 2.45) is 0 Å². The first-order valence-electron chi connectivity index (χ1n) is 5.83. The number of pyridine rings is 1. The number of nitrogens with zero attached hydrogens (tertiary/aromatic N) is 3. The number of amides is 2. The maximum Gasteiger partial charge on any atom is 0.257 e. The van der Waals surface area contributed by atoms with Crippen molar-refractivity contribution in [3.05, 3.63) is 28.8 Å². The Balaban J connectivity index is 2.23. The lowest BCUT2D eigenvalue weighted by Crippen LogP contribution is -2.38. The van der Waals surface area contributed by atoms with Crippen LogP contribution in [0.15, 0.2) is 12.3 Å². The molecule has 0 bridgehead atoms. The lowest BCUT2D eigenvalue weighted by molar-refractivity contribution is -0.129. The van der Waals surface area contributed by atoms with Crippen LogP contribution in [-0.4, -0.2) is 53.3 Å². The van der Waals surface area contributed by atoms with Gasteiger partial charge in [0.05, 0.1) is 11.8 Å². The molecule has 1 saturated heterocycles. The van der Waals surface area contributed by atoms with Crippen LogP contribution >= 0.6 is 11.6 Å². The predicted octanol–water partition coefficient (Wildman–Crippen LogP) is 1.18. The Kier molecular flexibility index (Phi) is 3.99. The van der Waals surface area contributed by atoms with Gasteiger partial charge in [0.15, 0.2) is 0 Å². The molecule has 0 spiro atoms. The molecule has 5 nitrogen and oxygen atoms in total. The summed E-state index contributed by atoms with van der Waals surface area (Å²) in [6.45, 7) is 1.00. The van der Waals surface area contributed by atoms with E-state index in [0.717, 1.165) is 12.3 Å². The maximum absolute atomic E-state index is 13.1. The third-order valence-electron chi connectivity index (χ3n) is 3.00. The summed E-state index contributed by atoms with van der Waals surface area (Å²) in [7, 11) is 1.69. The molecule has 7 heteroatoms. The molecular weight excluding hydrogens is 273 g/mol. The minimum Gasteiger partial charge on any atom is -0.344 e. The quantitative estimate of drug-likeness (QED) is 0.728. The molecule has 19 heavy (non-hydrogen) atoms. The second-order valence-electron chi connectivity index (χ2n) is 4.39. The average Bonchev–Trinajstić information content (AvgIpc) is 2.54. The summed E-state index contributed by atoms with van der Waals surface area (Å²) in [6.07, 6.45) is 1.62. The molecule has 0 aromatic carbocycles. The van der Waals surface area contributed by atoms with Crippen LogP contribution in [-0.2, 0) is 4.79 Å². The summed E-state index contributed by atoms with van der Waals surface area (Å²) in [5.74, 6) is -1.25. The first-order valence-corrected chi connectivity index (χ1v) is 6.21. The van der Waals surface area contributed by atoms with E-state index >= 15 is 0 Å². The molecule has 2 amide bonds. The molecule has 1 aliphatic heterocycles. The molecule has 102 valence electrons. The molecule has 1 aliphatic rings. The number of rotatable bonds is 1. The summed E-state index contributed by atoms with van der Waals surface area (Å²) in [5.41, 5.74) is -0.0148. The molecule has 0 aliphatic carbocycles. The normalized spacial score (nSPS) is 16.5. The highest BCUT2D eigenvalue weighted by atomic mass is 35.5. The van der Waals surface area contributed by atoms with E-state index in [9.17, 15) is 14.0 Å². The fraction of sp³-hybridized carbons (Fsp3) is 0.417. The van der Waals surface area contributed by atoms with E-state index in [1.54, 1.807) is 11.9 Å². The van der Waals surface area contributed by atoms with Crippen molar-refractivity contribution < 1.29 is 14.0 Å². The van der Waals surface area contributed by atoms with Gasteiger partial charge in [-0.1, -0.05) is 11.6 Å². The Morgan fingerprint density at radius 2 is 2.21 bits per heavy atom. The van der Waals surface area contributed by atoms with Crippen molar-refractivity contribution in [1.29, 1.82) is 0 Å². The van der Waals surface area contributed by atoms with Gasteiger partial charge in [0, 0.05) is 20.1 Å². The summed E-state index contributed by atoms with van der Waals surface area (Å²) in [4.78, 5) is 30.5. The second kappa shape index (κ2) is 5.52. The molecule has 1 aromatic heterocycles. The average molecular weight is 286 g/mol. The fourth-order valence-electron chi connectivity index (χ4n) is 1.90. The Hall–Kier alpha value is -1.69. The lowest BCUT2D eigenvalue weighted by atomic mass is 10.2. The van der Waals surface area contributed by atoms with Crippen LogP contribution in [0, 0.1) is 5.82 Å². The van der Waals surface area contributed by atoms with Gasteiger partial charge >= 0.3 is 0 Å². The molecule has 2 heterocycles. The number of hydrogen-bond acceptors (Lipinski definition) is 3. The van der Waals surface area contributed by atoms with Crippen LogP contribution < -0.4 is 0 Å². The molecule has 0 unspecified atom stereocenters. The summed E-state index contributed by atoms with van der Waals surface area (Å²) >= 11 is 5.80. The minimum absolute atomic E-state index is 0.0148. The van der Waals surface area contributed by atoms with Crippen LogP contribution in [0.1, 0.15) is 16.8 Å². The van der Waals surface area contributed by atoms with Gasteiger partial charge in [0.25, 0.3) is 5.91 Å². The monoisotopic (exact) mass is 285 g/mol. The van der Waals surface area contributed by atoms with Crippen molar-refractivity contribution in [2.75, 3.05) is 26.7 Å². The standard InChI is InChI=1S/C12H13ClFN3O2/c1-16-3-2-4-17(7-10(16)18)12(19)9-5-8(14)6-15-11(9)13/h5-6H,2-4,7H2,1H3. The van der Waals surface area contributed by atoms with Gasteiger partial charge in [-0.05, 0) is 12.5 Å². The molecule has 0 N–H and O–H groups in total. The first-order chi connectivity index (χ1) is 8.99. The second-order valence-corrected chi connectivity index (χ2v) is 4.75. The molecule has 1 aromatic rings. The van der Waals surface area contributed by atoms with E-state index in [-0.39, 0.29) is 23.2 Å². The van der Waals surface area contributed by atoms with Crippen LogP contribution in [0.4, 0.5) is 4.39 Å². The Morgan fingerprint density at radius 3 is 2.95 bits per heavy atom. The van der Waals surface area contributed by atoms with Gasteiger partial charge in [-0.2, -0.15) is 0 Å². The van der Waals surface area contributed by atoms with E-state index in [0.29, 0.717) is 19.5 Å². The fourth-order valence-corrected chi connectivity index (χ4v) is 2.09. The molecule has 0 saturated carbocycles. The lowest BCUT2D eigenvalue weighted by Gasteiger charge is -2.20. The number of carbonyl (C=O) groups excluding carboxylic acids is 2.